The molecular weight excluding hydrogens is 318 g/mol. The molecule has 1 aliphatic rings. The molecule has 3 rings (SSSR count). The Bertz CT molecular complexity index is 874. The highest BCUT2D eigenvalue weighted by Gasteiger charge is 2.24. The van der Waals surface area contributed by atoms with E-state index in [2.05, 4.69) is 4.99 Å². The predicted molar refractivity (Wildman–Crippen MR) is 96.1 cm³/mol. The molecule has 0 aromatic heterocycles. The largest absolute Gasteiger partial charge is 0.497 e. The molecule has 25 heavy (non-hydrogen) atoms. The van der Waals surface area contributed by atoms with E-state index in [0.29, 0.717) is 17.4 Å². The molecule has 0 amide bonds. The molecular formula is C20H19NO4. The number of ether oxygens (including phenoxy) is 3. The summed E-state index contributed by atoms with van der Waals surface area (Å²) in [5, 5.41) is 0. The van der Waals surface area contributed by atoms with Crippen LogP contribution in [0.5, 0.6) is 11.5 Å². The molecule has 0 aliphatic carbocycles. The summed E-state index contributed by atoms with van der Waals surface area (Å²) in [6.45, 7) is 4.04. The van der Waals surface area contributed by atoms with Crippen LogP contribution in [0.3, 0.4) is 0 Å². The average molecular weight is 337 g/mol. The molecule has 0 bridgehead atoms. The number of carbonyl (C=O) groups is 1. The number of hydrogen-bond donors (Lipinski definition) is 0. The zero-order valence-electron chi connectivity index (χ0n) is 14.6. The van der Waals surface area contributed by atoms with Crippen LogP contribution in [0.2, 0.25) is 0 Å². The van der Waals surface area contributed by atoms with Gasteiger partial charge in [-0.3, -0.25) is 0 Å². The van der Waals surface area contributed by atoms with E-state index in [1.807, 2.05) is 32.0 Å². The maximum Gasteiger partial charge on any atom is 0.363 e. The SMILES string of the molecule is COc1cc(/C=C2\N=C(c3ccc(C)c(C)c3)OC2=O)cc(OC)c1. The van der Waals surface area contributed by atoms with Crippen molar-refractivity contribution in [3.8, 4) is 11.5 Å². The normalized spacial score (nSPS) is 15.1. The lowest BCUT2D eigenvalue weighted by atomic mass is 10.1. The van der Waals surface area contributed by atoms with Gasteiger partial charge in [-0.05, 0) is 60.9 Å². The highest BCUT2D eigenvalue weighted by atomic mass is 16.6. The molecule has 5 heteroatoms. The van der Waals surface area contributed by atoms with Gasteiger partial charge in [0.1, 0.15) is 11.5 Å². The third kappa shape index (κ3) is 3.55. The summed E-state index contributed by atoms with van der Waals surface area (Å²) in [7, 11) is 3.15. The van der Waals surface area contributed by atoms with Gasteiger partial charge < -0.3 is 14.2 Å². The van der Waals surface area contributed by atoms with Crippen molar-refractivity contribution < 1.29 is 19.0 Å². The number of benzene rings is 2. The van der Waals surface area contributed by atoms with Crippen LogP contribution in [-0.2, 0) is 9.53 Å². The molecule has 0 radical (unpaired) electrons. The van der Waals surface area contributed by atoms with Crippen LogP contribution in [-0.4, -0.2) is 26.1 Å². The van der Waals surface area contributed by atoms with Gasteiger partial charge in [0.25, 0.3) is 0 Å². The van der Waals surface area contributed by atoms with Crippen molar-refractivity contribution in [1.82, 2.24) is 0 Å². The zero-order valence-corrected chi connectivity index (χ0v) is 14.6. The second kappa shape index (κ2) is 6.81. The van der Waals surface area contributed by atoms with Crippen molar-refractivity contribution in [2.45, 2.75) is 13.8 Å². The number of aliphatic imine (C=N–C) groups is 1. The summed E-state index contributed by atoms with van der Waals surface area (Å²) in [6, 6.07) is 11.2. The van der Waals surface area contributed by atoms with Gasteiger partial charge in [-0.2, -0.15) is 0 Å². The maximum absolute atomic E-state index is 12.2. The molecule has 0 N–H and O–H groups in total. The van der Waals surface area contributed by atoms with Gasteiger partial charge in [0, 0.05) is 11.6 Å². The Morgan fingerprint density at radius 1 is 0.960 bits per heavy atom. The Morgan fingerprint density at radius 3 is 2.24 bits per heavy atom. The van der Waals surface area contributed by atoms with Gasteiger partial charge in [-0.25, -0.2) is 9.79 Å². The Balaban J connectivity index is 1.97. The summed E-state index contributed by atoms with van der Waals surface area (Å²) >= 11 is 0. The van der Waals surface area contributed by atoms with E-state index >= 15 is 0 Å². The Hall–Kier alpha value is -3.08. The van der Waals surface area contributed by atoms with Crippen LogP contribution < -0.4 is 9.47 Å². The molecule has 1 aliphatic heterocycles. The van der Waals surface area contributed by atoms with E-state index in [9.17, 15) is 4.79 Å². The first-order valence-electron chi connectivity index (χ1n) is 7.83. The van der Waals surface area contributed by atoms with Crippen molar-refractivity contribution in [1.29, 1.82) is 0 Å². The average Bonchev–Trinajstić information content (AvgIpc) is 2.97. The predicted octanol–water partition coefficient (Wildman–Crippen LogP) is 3.67. The molecule has 0 saturated heterocycles. The lowest BCUT2D eigenvalue weighted by molar-refractivity contribution is -0.129. The van der Waals surface area contributed by atoms with E-state index in [1.165, 1.54) is 5.56 Å². The highest BCUT2D eigenvalue weighted by Crippen LogP contribution is 2.26. The fourth-order valence-electron chi connectivity index (χ4n) is 2.48. The first kappa shape index (κ1) is 16.8. The van der Waals surface area contributed by atoms with E-state index < -0.39 is 5.97 Å². The number of esters is 1. The summed E-state index contributed by atoms with van der Waals surface area (Å²) in [6.07, 6.45) is 1.65. The fourth-order valence-corrected chi connectivity index (χ4v) is 2.48. The van der Waals surface area contributed by atoms with E-state index in [0.717, 1.165) is 16.7 Å². The highest BCUT2D eigenvalue weighted by molar-refractivity contribution is 6.12. The van der Waals surface area contributed by atoms with Crippen LogP contribution in [0, 0.1) is 13.8 Å². The van der Waals surface area contributed by atoms with Gasteiger partial charge in [0.2, 0.25) is 5.90 Å². The van der Waals surface area contributed by atoms with Crippen molar-refractivity contribution in [2.24, 2.45) is 4.99 Å². The summed E-state index contributed by atoms with van der Waals surface area (Å²) in [5.41, 5.74) is 4.05. The Morgan fingerprint density at radius 2 is 1.64 bits per heavy atom. The molecule has 2 aromatic rings. The zero-order chi connectivity index (χ0) is 18.0. The Labute approximate surface area is 146 Å². The summed E-state index contributed by atoms with van der Waals surface area (Å²) in [4.78, 5) is 16.5. The van der Waals surface area contributed by atoms with E-state index in [-0.39, 0.29) is 5.70 Å². The van der Waals surface area contributed by atoms with Crippen molar-refractivity contribution in [3.63, 3.8) is 0 Å². The third-order valence-corrected chi connectivity index (χ3v) is 4.05. The van der Waals surface area contributed by atoms with Crippen LogP contribution in [0.15, 0.2) is 47.1 Å². The first-order chi connectivity index (χ1) is 12.0. The molecule has 0 unspecified atom stereocenters. The minimum Gasteiger partial charge on any atom is -0.497 e. The quantitative estimate of drug-likeness (QED) is 0.631. The second-order valence-electron chi connectivity index (χ2n) is 5.78. The lowest BCUT2D eigenvalue weighted by Gasteiger charge is -2.05. The molecule has 2 aromatic carbocycles. The van der Waals surface area contributed by atoms with Crippen LogP contribution in [0.4, 0.5) is 0 Å². The number of carbonyl (C=O) groups excluding carboxylic acids is 1. The third-order valence-electron chi connectivity index (χ3n) is 4.05. The minimum atomic E-state index is -0.477. The number of aryl methyl sites for hydroxylation is 2. The molecule has 0 saturated carbocycles. The van der Waals surface area contributed by atoms with Gasteiger partial charge in [-0.15, -0.1) is 0 Å². The van der Waals surface area contributed by atoms with Gasteiger partial charge in [0.05, 0.1) is 14.2 Å². The molecule has 5 nitrogen and oxygen atoms in total. The smallest absolute Gasteiger partial charge is 0.363 e. The van der Waals surface area contributed by atoms with Crippen molar-refractivity contribution in [3.05, 3.63) is 64.3 Å². The molecule has 128 valence electrons. The number of cyclic esters (lactones) is 1. The van der Waals surface area contributed by atoms with E-state index in [1.54, 1.807) is 38.5 Å². The maximum atomic E-state index is 12.2. The summed E-state index contributed by atoms with van der Waals surface area (Å²) in [5.74, 6) is 1.11. The van der Waals surface area contributed by atoms with Crippen molar-refractivity contribution >= 4 is 17.9 Å². The Kier molecular flexibility index (Phi) is 4.57. The number of hydrogen-bond acceptors (Lipinski definition) is 5. The van der Waals surface area contributed by atoms with Crippen LogP contribution in [0.1, 0.15) is 22.3 Å². The first-order valence-corrected chi connectivity index (χ1v) is 7.83. The van der Waals surface area contributed by atoms with Crippen LogP contribution in [0.25, 0.3) is 6.08 Å². The monoisotopic (exact) mass is 337 g/mol. The number of methoxy groups -OCH3 is 2. The fraction of sp³-hybridized carbons (Fsp3) is 0.200. The summed E-state index contributed by atoms with van der Waals surface area (Å²) < 4.78 is 15.8. The van der Waals surface area contributed by atoms with Gasteiger partial charge in [0.15, 0.2) is 5.70 Å². The minimum absolute atomic E-state index is 0.239. The van der Waals surface area contributed by atoms with E-state index in [4.69, 9.17) is 14.2 Å². The topological polar surface area (TPSA) is 57.1 Å². The number of nitrogens with zero attached hydrogens (tertiary/aromatic N) is 1. The van der Waals surface area contributed by atoms with Crippen LogP contribution >= 0.6 is 0 Å². The van der Waals surface area contributed by atoms with Gasteiger partial charge in [-0.1, -0.05) is 6.07 Å². The molecule has 0 atom stereocenters. The number of rotatable bonds is 4. The molecule has 0 fully saturated rings. The standard InChI is InChI=1S/C20H19NO4/c1-12-5-6-15(7-13(12)2)19-21-18(20(22)25-19)10-14-8-16(23-3)11-17(9-14)24-4/h5-11H,1-4H3/b18-10-. The molecule has 1 heterocycles. The second-order valence-corrected chi connectivity index (χ2v) is 5.78. The molecule has 0 spiro atoms. The lowest BCUT2D eigenvalue weighted by Crippen LogP contribution is -2.05. The van der Waals surface area contributed by atoms with Gasteiger partial charge >= 0.3 is 5.97 Å². The van der Waals surface area contributed by atoms with Crippen molar-refractivity contribution in [2.75, 3.05) is 14.2 Å².